The number of nitrogen functional groups attached to an aromatic ring is 1. The first-order chi connectivity index (χ1) is 8.56. The zero-order chi connectivity index (χ0) is 13.1. The summed E-state index contributed by atoms with van der Waals surface area (Å²) in [5.41, 5.74) is 8.37. The van der Waals surface area contributed by atoms with Crippen LogP contribution >= 0.6 is 23.4 Å². The summed E-state index contributed by atoms with van der Waals surface area (Å²) in [6.45, 7) is 2.01. The van der Waals surface area contributed by atoms with E-state index in [1.807, 2.05) is 25.1 Å². The summed E-state index contributed by atoms with van der Waals surface area (Å²) in [5, 5.41) is 0.594. The van der Waals surface area contributed by atoms with Crippen molar-refractivity contribution in [2.24, 2.45) is 0 Å². The lowest BCUT2D eigenvalue weighted by Gasteiger charge is -2.08. The molecule has 0 unspecified atom stereocenters. The van der Waals surface area contributed by atoms with Crippen LogP contribution in [0.4, 0.5) is 10.1 Å². The molecule has 2 aromatic carbocycles. The second-order valence-corrected chi connectivity index (χ2v) is 5.47. The van der Waals surface area contributed by atoms with Crippen LogP contribution in [-0.4, -0.2) is 0 Å². The molecule has 94 valence electrons. The molecule has 2 N–H and O–H groups in total. The van der Waals surface area contributed by atoms with Gasteiger partial charge in [-0.3, -0.25) is 0 Å². The van der Waals surface area contributed by atoms with E-state index in [4.69, 9.17) is 17.3 Å². The molecule has 0 atom stereocenters. The van der Waals surface area contributed by atoms with Crippen molar-refractivity contribution >= 4 is 29.1 Å². The van der Waals surface area contributed by atoms with Crippen LogP contribution in [0.1, 0.15) is 11.1 Å². The van der Waals surface area contributed by atoms with Gasteiger partial charge < -0.3 is 5.73 Å². The molecule has 0 heterocycles. The molecule has 0 spiro atoms. The molecular weight excluding hydrogens is 269 g/mol. The van der Waals surface area contributed by atoms with E-state index in [-0.39, 0.29) is 5.82 Å². The lowest BCUT2D eigenvalue weighted by molar-refractivity contribution is 0.626. The Morgan fingerprint density at radius 3 is 2.72 bits per heavy atom. The Bertz CT molecular complexity index is 572. The van der Waals surface area contributed by atoms with Crippen molar-refractivity contribution in [2.45, 2.75) is 17.6 Å². The van der Waals surface area contributed by atoms with Gasteiger partial charge in [-0.25, -0.2) is 4.39 Å². The molecule has 0 radical (unpaired) electrons. The second kappa shape index (κ2) is 5.63. The zero-order valence-corrected chi connectivity index (χ0v) is 11.5. The highest BCUT2D eigenvalue weighted by atomic mass is 35.5. The van der Waals surface area contributed by atoms with Crippen LogP contribution in [0.3, 0.4) is 0 Å². The highest BCUT2D eigenvalue weighted by molar-refractivity contribution is 7.98. The van der Waals surface area contributed by atoms with Crippen molar-refractivity contribution < 1.29 is 4.39 Å². The molecule has 0 amide bonds. The zero-order valence-electron chi connectivity index (χ0n) is 9.91. The minimum absolute atomic E-state index is 0.260. The summed E-state index contributed by atoms with van der Waals surface area (Å²) in [6, 6.07) is 10.2. The maximum atomic E-state index is 13.1. The minimum atomic E-state index is -0.260. The topological polar surface area (TPSA) is 26.0 Å². The van der Waals surface area contributed by atoms with E-state index in [1.54, 1.807) is 17.8 Å². The molecule has 0 aliphatic heterocycles. The third-order valence-corrected chi connectivity index (χ3v) is 4.18. The average molecular weight is 282 g/mol. The molecule has 1 nitrogen and oxygen atoms in total. The molecule has 0 bridgehead atoms. The van der Waals surface area contributed by atoms with Crippen LogP contribution in [0.25, 0.3) is 0 Å². The normalized spacial score (nSPS) is 10.6. The van der Waals surface area contributed by atoms with Crippen molar-refractivity contribution in [1.82, 2.24) is 0 Å². The van der Waals surface area contributed by atoms with Gasteiger partial charge in [0.25, 0.3) is 0 Å². The largest absolute Gasteiger partial charge is 0.399 e. The highest BCUT2D eigenvalue weighted by Crippen LogP contribution is 2.30. The van der Waals surface area contributed by atoms with Gasteiger partial charge in [0.05, 0.1) is 0 Å². The van der Waals surface area contributed by atoms with Crippen molar-refractivity contribution in [1.29, 1.82) is 0 Å². The highest BCUT2D eigenvalue weighted by Gasteiger charge is 2.05. The van der Waals surface area contributed by atoms with Crippen LogP contribution in [0.5, 0.6) is 0 Å². The van der Waals surface area contributed by atoms with E-state index in [2.05, 4.69) is 0 Å². The van der Waals surface area contributed by atoms with Gasteiger partial charge in [0.15, 0.2) is 0 Å². The third kappa shape index (κ3) is 3.18. The molecule has 0 aliphatic carbocycles. The van der Waals surface area contributed by atoms with Crippen molar-refractivity contribution in [2.75, 3.05) is 5.73 Å². The summed E-state index contributed by atoms with van der Waals surface area (Å²) in [4.78, 5) is 1.13. The summed E-state index contributed by atoms with van der Waals surface area (Å²) >= 11 is 7.65. The van der Waals surface area contributed by atoms with Gasteiger partial charge in [-0.2, -0.15) is 0 Å². The first-order valence-electron chi connectivity index (χ1n) is 5.49. The fourth-order valence-electron chi connectivity index (χ4n) is 1.64. The standard InChI is InChI=1S/C14H13ClFNS/c1-9-6-12(17)3-5-14(9)18-8-10-7-11(16)2-4-13(10)15/h2-7H,8,17H2,1H3. The van der Waals surface area contributed by atoms with E-state index >= 15 is 0 Å². The lowest BCUT2D eigenvalue weighted by atomic mass is 10.2. The fourth-order valence-corrected chi connectivity index (χ4v) is 2.91. The number of anilines is 1. The summed E-state index contributed by atoms with van der Waals surface area (Å²) < 4.78 is 13.1. The van der Waals surface area contributed by atoms with Gasteiger partial charge in [-0.1, -0.05) is 11.6 Å². The number of benzene rings is 2. The Labute approximate surface area is 115 Å². The van der Waals surface area contributed by atoms with E-state index in [0.717, 1.165) is 21.7 Å². The molecular formula is C14H13ClFNS. The molecule has 2 aromatic rings. The Kier molecular flexibility index (Phi) is 4.15. The first-order valence-corrected chi connectivity index (χ1v) is 6.85. The summed E-state index contributed by atoms with van der Waals surface area (Å²) in [7, 11) is 0. The molecule has 0 fully saturated rings. The van der Waals surface area contributed by atoms with Gasteiger partial charge in [0.2, 0.25) is 0 Å². The molecule has 4 heteroatoms. The second-order valence-electron chi connectivity index (χ2n) is 4.05. The maximum absolute atomic E-state index is 13.1. The predicted octanol–water partition coefficient (Wildman–Crippen LogP) is 4.66. The van der Waals surface area contributed by atoms with E-state index < -0.39 is 0 Å². The van der Waals surface area contributed by atoms with Gasteiger partial charge in [0, 0.05) is 21.4 Å². The molecule has 0 saturated heterocycles. The SMILES string of the molecule is Cc1cc(N)ccc1SCc1cc(F)ccc1Cl. The maximum Gasteiger partial charge on any atom is 0.123 e. The van der Waals surface area contributed by atoms with Crippen LogP contribution in [0.15, 0.2) is 41.3 Å². The molecule has 18 heavy (non-hydrogen) atoms. The molecule has 0 aromatic heterocycles. The number of hydrogen-bond donors (Lipinski definition) is 1. The third-order valence-electron chi connectivity index (χ3n) is 2.59. The lowest BCUT2D eigenvalue weighted by Crippen LogP contribution is -1.89. The quantitative estimate of drug-likeness (QED) is 0.654. The molecule has 0 aliphatic rings. The van der Waals surface area contributed by atoms with Crippen molar-refractivity contribution in [3.05, 3.63) is 58.4 Å². The number of hydrogen-bond acceptors (Lipinski definition) is 2. The van der Waals surface area contributed by atoms with E-state index in [0.29, 0.717) is 10.8 Å². The average Bonchev–Trinajstić information content (AvgIpc) is 2.32. The van der Waals surface area contributed by atoms with Gasteiger partial charge in [-0.15, -0.1) is 11.8 Å². The monoisotopic (exact) mass is 281 g/mol. The number of nitrogens with two attached hydrogens (primary N) is 1. The number of rotatable bonds is 3. The smallest absolute Gasteiger partial charge is 0.123 e. The van der Waals surface area contributed by atoms with E-state index in [9.17, 15) is 4.39 Å². The fraction of sp³-hybridized carbons (Fsp3) is 0.143. The van der Waals surface area contributed by atoms with Crippen molar-refractivity contribution in [3.63, 3.8) is 0 Å². The van der Waals surface area contributed by atoms with Crippen LogP contribution < -0.4 is 5.73 Å². The van der Waals surface area contributed by atoms with Crippen molar-refractivity contribution in [3.8, 4) is 0 Å². The van der Waals surface area contributed by atoms with Gasteiger partial charge >= 0.3 is 0 Å². The minimum Gasteiger partial charge on any atom is -0.399 e. The molecule has 2 rings (SSSR count). The van der Waals surface area contributed by atoms with E-state index in [1.165, 1.54) is 12.1 Å². The predicted molar refractivity (Wildman–Crippen MR) is 76.6 cm³/mol. The number of halogens is 2. The Morgan fingerprint density at radius 2 is 2.00 bits per heavy atom. The molecule has 0 saturated carbocycles. The Hall–Kier alpha value is -1.19. The number of thioether (sulfide) groups is 1. The number of aryl methyl sites for hydroxylation is 1. The summed E-state index contributed by atoms with van der Waals surface area (Å²) in [6.07, 6.45) is 0. The van der Waals surface area contributed by atoms with Gasteiger partial charge in [-0.05, 0) is 54.4 Å². The van der Waals surface area contributed by atoms with Crippen LogP contribution in [0.2, 0.25) is 5.02 Å². The Morgan fingerprint density at radius 1 is 1.22 bits per heavy atom. The first kappa shape index (κ1) is 13.2. The van der Waals surface area contributed by atoms with Gasteiger partial charge in [0.1, 0.15) is 5.82 Å². The van der Waals surface area contributed by atoms with Crippen LogP contribution in [0, 0.1) is 12.7 Å². The van der Waals surface area contributed by atoms with Crippen LogP contribution in [-0.2, 0) is 5.75 Å². The summed E-state index contributed by atoms with van der Waals surface area (Å²) in [5.74, 6) is 0.380. The Balaban J connectivity index is 2.13.